The van der Waals surface area contributed by atoms with E-state index in [0.29, 0.717) is 5.56 Å². The van der Waals surface area contributed by atoms with Gasteiger partial charge in [0.15, 0.2) is 0 Å². The number of phenolic OH excluding ortho intramolecular Hbond substituents is 1. The standard InChI is InChI=1S/C15H21NO2/c1-10-6-7-11(9-12(10)17)14(18)16-13-5-4-8-15(13,2)3/h6-7,9,13,17H,4-5,8H2,1-3H3,(H,16,18). The molecule has 1 amide bonds. The van der Waals surface area contributed by atoms with Crippen LogP contribution in [0.2, 0.25) is 0 Å². The van der Waals surface area contributed by atoms with Crippen LogP contribution in [-0.2, 0) is 0 Å². The minimum Gasteiger partial charge on any atom is -0.508 e. The number of nitrogens with one attached hydrogen (secondary N) is 1. The topological polar surface area (TPSA) is 49.3 Å². The van der Waals surface area contributed by atoms with E-state index < -0.39 is 0 Å². The fraction of sp³-hybridized carbons (Fsp3) is 0.533. The maximum Gasteiger partial charge on any atom is 0.251 e. The summed E-state index contributed by atoms with van der Waals surface area (Å²) in [6, 6.07) is 5.29. The second kappa shape index (κ2) is 4.63. The number of carbonyl (C=O) groups excluding carboxylic acids is 1. The highest BCUT2D eigenvalue weighted by atomic mass is 16.3. The molecule has 0 bridgehead atoms. The molecule has 18 heavy (non-hydrogen) atoms. The number of hydrogen-bond acceptors (Lipinski definition) is 2. The Labute approximate surface area is 108 Å². The third-order valence-electron chi connectivity index (χ3n) is 4.03. The zero-order valence-corrected chi connectivity index (χ0v) is 11.3. The first-order chi connectivity index (χ1) is 8.40. The van der Waals surface area contributed by atoms with Crippen LogP contribution >= 0.6 is 0 Å². The maximum atomic E-state index is 12.1. The van der Waals surface area contributed by atoms with Crippen molar-refractivity contribution < 1.29 is 9.90 Å². The Morgan fingerprint density at radius 3 is 2.72 bits per heavy atom. The predicted octanol–water partition coefficient (Wildman–Crippen LogP) is 3.01. The van der Waals surface area contributed by atoms with Crippen molar-refractivity contribution in [3.8, 4) is 5.75 Å². The number of hydrogen-bond donors (Lipinski definition) is 2. The van der Waals surface area contributed by atoms with Crippen LogP contribution in [0.3, 0.4) is 0 Å². The van der Waals surface area contributed by atoms with Gasteiger partial charge in [0.1, 0.15) is 5.75 Å². The monoisotopic (exact) mass is 247 g/mol. The molecule has 0 aromatic heterocycles. The maximum absolute atomic E-state index is 12.1. The summed E-state index contributed by atoms with van der Waals surface area (Å²) < 4.78 is 0. The molecule has 1 aliphatic carbocycles. The second-order valence-corrected chi connectivity index (χ2v) is 5.91. The second-order valence-electron chi connectivity index (χ2n) is 5.91. The minimum absolute atomic E-state index is 0.0923. The van der Waals surface area contributed by atoms with E-state index in [4.69, 9.17) is 0 Å². The number of benzene rings is 1. The van der Waals surface area contributed by atoms with E-state index in [1.54, 1.807) is 12.1 Å². The van der Waals surface area contributed by atoms with Crippen LogP contribution in [-0.4, -0.2) is 17.1 Å². The van der Waals surface area contributed by atoms with Gasteiger partial charge in [0.2, 0.25) is 0 Å². The molecule has 0 saturated heterocycles. The number of amides is 1. The van der Waals surface area contributed by atoms with Gasteiger partial charge >= 0.3 is 0 Å². The van der Waals surface area contributed by atoms with Crippen molar-refractivity contribution in [2.24, 2.45) is 5.41 Å². The van der Waals surface area contributed by atoms with E-state index in [-0.39, 0.29) is 23.1 Å². The fourth-order valence-corrected chi connectivity index (χ4v) is 2.59. The lowest BCUT2D eigenvalue weighted by atomic mass is 9.87. The molecule has 1 unspecified atom stereocenters. The first kappa shape index (κ1) is 12.9. The summed E-state index contributed by atoms with van der Waals surface area (Å²) in [6.07, 6.45) is 3.35. The smallest absolute Gasteiger partial charge is 0.251 e. The lowest BCUT2D eigenvalue weighted by Gasteiger charge is -2.27. The van der Waals surface area contributed by atoms with Crippen molar-refractivity contribution in [1.82, 2.24) is 5.32 Å². The summed E-state index contributed by atoms with van der Waals surface area (Å²) in [6.45, 7) is 6.20. The van der Waals surface area contributed by atoms with Crippen molar-refractivity contribution in [2.45, 2.75) is 46.1 Å². The third-order valence-corrected chi connectivity index (χ3v) is 4.03. The lowest BCUT2D eigenvalue weighted by Crippen LogP contribution is -2.41. The van der Waals surface area contributed by atoms with Crippen LogP contribution < -0.4 is 5.32 Å². The highest BCUT2D eigenvalue weighted by Gasteiger charge is 2.35. The summed E-state index contributed by atoms with van der Waals surface area (Å²) in [7, 11) is 0. The zero-order chi connectivity index (χ0) is 13.3. The van der Waals surface area contributed by atoms with Gasteiger partial charge in [-0.1, -0.05) is 26.3 Å². The molecule has 2 rings (SSSR count). The highest BCUT2D eigenvalue weighted by Crippen LogP contribution is 2.37. The number of rotatable bonds is 2. The molecule has 1 fully saturated rings. The van der Waals surface area contributed by atoms with Gasteiger partial charge in [-0.3, -0.25) is 4.79 Å². The van der Waals surface area contributed by atoms with Crippen LogP contribution in [0.1, 0.15) is 49.0 Å². The molecule has 98 valence electrons. The SMILES string of the molecule is Cc1ccc(C(=O)NC2CCCC2(C)C)cc1O. The molecule has 1 saturated carbocycles. The Hall–Kier alpha value is -1.51. The van der Waals surface area contributed by atoms with E-state index in [2.05, 4.69) is 19.2 Å². The summed E-state index contributed by atoms with van der Waals surface area (Å²) in [5.74, 6) is 0.0820. The summed E-state index contributed by atoms with van der Waals surface area (Å²) in [4.78, 5) is 12.1. The van der Waals surface area contributed by atoms with Gasteiger partial charge in [0.25, 0.3) is 5.91 Å². The molecule has 2 N–H and O–H groups in total. The van der Waals surface area contributed by atoms with E-state index >= 15 is 0 Å². The fourth-order valence-electron chi connectivity index (χ4n) is 2.59. The molecular formula is C15H21NO2. The number of phenols is 1. The van der Waals surface area contributed by atoms with Crippen molar-refractivity contribution in [2.75, 3.05) is 0 Å². The molecule has 0 heterocycles. The minimum atomic E-state index is -0.0923. The van der Waals surface area contributed by atoms with Crippen molar-refractivity contribution in [3.05, 3.63) is 29.3 Å². The third kappa shape index (κ3) is 2.50. The Balaban J connectivity index is 2.10. The summed E-state index contributed by atoms with van der Waals surface area (Å²) >= 11 is 0. The molecule has 1 atom stereocenters. The van der Waals surface area contributed by atoms with Crippen LogP contribution in [0.5, 0.6) is 5.75 Å². The largest absolute Gasteiger partial charge is 0.508 e. The number of aryl methyl sites for hydroxylation is 1. The Kier molecular flexibility index (Phi) is 3.33. The van der Waals surface area contributed by atoms with Gasteiger partial charge in [-0.2, -0.15) is 0 Å². The molecule has 3 nitrogen and oxygen atoms in total. The van der Waals surface area contributed by atoms with Crippen LogP contribution in [0.4, 0.5) is 0 Å². The average Bonchev–Trinajstić information content (AvgIpc) is 2.62. The molecular weight excluding hydrogens is 226 g/mol. The van der Waals surface area contributed by atoms with Crippen molar-refractivity contribution in [1.29, 1.82) is 0 Å². The first-order valence-electron chi connectivity index (χ1n) is 6.50. The van der Waals surface area contributed by atoms with E-state index in [1.165, 1.54) is 6.07 Å². The molecule has 1 aliphatic rings. The van der Waals surface area contributed by atoms with E-state index in [9.17, 15) is 9.90 Å². The molecule has 1 aromatic rings. The van der Waals surface area contributed by atoms with Crippen LogP contribution in [0.25, 0.3) is 0 Å². The van der Waals surface area contributed by atoms with Crippen LogP contribution in [0.15, 0.2) is 18.2 Å². The normalized spacial score (nSPS) is 21.8. The predicted molar refractivity (Wildman–Crippen MR) is 71.7 cm³/mol. The summed E-state index contributed by atoms with van der Waals surface area (Å²) in [5.41, 5.74) is 1.48. The summed E-state index contributed by atoms with van der Waals surface area (Å²) in [5, 5.41) is 12.7. The zero-order valence-electron chi connectivity index (χ0n) is 11.3. The van der Waals surface area contributed by atoms with Gasteiger partial charge in [0, 0.05) is 11.6 Å². The Bertz CT molecular complexity index is 466. The van der Waals surface area contributed by atoms with Gasteiger partial charge in [-0.05, 0) is 42.9 Å². The van der Waals surface area contributed by atoms with Crippen molar-refractivity contribution >= 4 is 5.91 Å². The number of aromatic hydroxyl groups is 1. The quantitative estimate of drug-likeness (QED) is 0.844. The Morgan fingerprint density at radius 2 is 2.17 bits per heavy atom. The van der Waals surface area contributed by atoms with E-state index in [1.807, 2.05) is 6.92 Å². The van der Waals surface area contributed by atoms with Crippen LogP contribution in [0, 0.1) is 12.3 Å². The number of carbonyl (C=O) groups is 1. The average molecular weight is 247 g/mol. The van der Waals surface area contributed by atoms with Gasteiger partial charge in [-0.15, -0.1) is 0 Å². The molecule has 0 aliphatic heterocycles. The lowest BCUT2D eigenvalue weighted by molar-refractivity contribution is 0.0909. The molecule has 0 radical (unpaired) electrons. The van der Waals surface area contributed by atoms with Gasteiger partial charge in [-0.25, -0.2) is 0 Å². The van der Waals surface area contributed by atoms with Gasteiger partial charge in [0.05, 0.1) is 0 Å². The highest BCUT2D eigenvalue weighted by molar-refractivity contribution is 5.95. The van der Waals surface area contributed by atoms with Crippen molar-refractivity contribution in [3.63, 3.8) is 0 Å². The molecule has 3 heteroatoms. The Morgan fingerprint density at radius 1 is 1.44 bits per heavy atom. The van der Waals surface area contributed by atoms with E-state index in [0.717, 1.165) is 24.8 Å². The first-order valence-corrected chi connectivity index (χ1v) is 6.50. The molecule has 0 spiro atoms. The molecule has 1 aromatic carbocycles. The van der Waals surface area contributed by atoms with Gasteiger partial charge < -0.3 is 10.4 Å².